The Hall–Kier alpha value is -4.77. The van der Waals surface area contributed by atoms with Gasteiger partial charge >= 0.3 is 6.09 Å². The van der Waals surface area contributed by atoms with Crippen molar-refractivity contribution in [2.24, 2.45) is 7.05 Å². The average molecular weight is 568 g/mol. The van der Waals surface area contributed by atoms with Crippen molar-refractivity contribution in [1.29, 1.82) is 0 Å². The number of methoxy groups -OCH3 is 1. The second kappa shape index (κ2) is 10.9. The second-order valence-electron chi connectivity index (χ2n) is 10.8. The molecule has 4 aromatic heterocycles. The van der Waals surface area contributed by atoms with Crippen LogP contribution in [0.2, 0.25) is 0 Å². The number of hydrogen-bond donors (Lipinski definition) is 1. The molecule has 2 atom stereocenters. The highest BCUT2D eigenvalue weighted by atomic mass is 16.7. The lowest BCUT2D eigenvalue weighted by molar-refractivity contribution is 0.0511. The van der Waals surface area contributed by atoms with Crippen molar-refractivity contribution in [2.45, 2.75) is 32.9 Å². The van der Waals surface area contributed by atoms with Crippen LogP contribution >= 0.6 is 0 Å². The van der Waals surface area contributed by atoms with Crippen LogP contribution < -0.4 is 9.64 Å². The first-order valence-electron chi connectivity index (χ1n) is 13.8. The first-order valence-corrected chi connectivity index (χ1v) is 13.8. The van der Waals surface area contributed by atoms with E-state index in [0.29, 0.717) is 30.2 Å². The number of aromatic nitrogens is 5. The smallest absolute Gasteiger partial charge is 0.407 e. The molecule has 6 rings (SSSR count). The first-order chi connectivity index (χ1) is 20.2. The Morgan fingerprint density at radius 2 is 1.86 bits per heavy atom. The van der Waals surface area contributed by atoms with Crippen molar-refractivity contribution in [2.75, 3.05) is 31.9 Å². The molecule has 1 N–H and O–H groups in total. The molecule has 42 heavy (non-hydrogen) atoms. The van der Waals surface area contributed by atoms with E-state index in [4.69, 9.17) is 19.4 Å². The summed E-state index contributed by atoms with van der Waals surface area (Å²) in [6, 6.07) is 11.6. The summed E-state index contributed by atoms with van der Waals surface area (Å²) in [6.07, 6.45) is 4.67. The van der Waals surface area contributed by atoms with Crippen molar-refractivity contribution in [1.82, 2.24) is 29.6 Å². The zero-order valence-corrected chi connectivity index (χ0v) is 24.3. The zero-order valence-electron chi connectivity index (χ0n) is 24.3. The van der Waals surface area contributed by atoms with Crippen LogP contribution in [0, 0.1) is 6.92 Å². The molecule has 0 spiro atoms. The van der Waals surface area contributed by atoms with Crippen molar-refractivity contribution >= 4 is 33.7 Å². The van der Waals surface area contributed by atoms with Gasteiger partial charge in [-0.15, -0.1) is 0 Å². The van der Waals surface area contributed by atoms with Crippen molar-refractivity contribution in [3.8, 4) is 28.3 Å². The number of piperazine rings is 1. The number of pyridine rings is 3. The number of anilines is 1. The van der Waals surface area contributed by atoms with Crippen LogP contribution in [0.15, 0.2) is 55.0 Å². The van der Waals surface area contributed by atoms with E-state index in [2.05, 4.69) is 21.0 Å². The number of hydrogen-bond acceptors (Lipinski definition) is 8. The predicted octanol–water partition coefficient (Wildman–Crippen LogP) is 5.11. The molecule has 1 aliphatic rings. The minimum atomic E-state index is -0.894. The Morgan fingerprint density at radius 3 is 2.55 bits per heavy atom. The molecule has 11 heteroatoms. The van der Waals surface area contributed by atoms with Crippen LogP contribution in [0.4, 0.5) is 10.5 Å². The maximum Gasteiger partial charge on any atom is 0.407 e. The van der Waals surface area contributed by atoms with Crippen molar-refractivity contribution in [3.63, 3.8) is 0 Å². The predicted molar refractivity (Wildman–Crippen MR) is 161 cm³/mol. The van der Waals surface area contributed by atoms with E-state index < -0.39 is 6.09 Å². The first kappa shape index (κ1) is 27.4. The number of benzene rings is 1. The van der Waals surface area contributed by atoms with Gasteiger partial charge in [-0.25, -0.2) is 14.8 Å². The summed E-state index contributed by atoms with van der Waals surface area (Å²) in [5.41, 5.74) is 6.42. The third-order valence-electron chi connectivity index (χ3n) is 7.79. The summed E-state index contributed by atoms with van der Waals surface area (Å²) in [5, 5.41) is 16.1. The topological polar surface area (TPSA) is 119 Å². The van der Waals surface area contributed by atoms with E-state index in [-0.39, 0.29) is 18.9 Å². The van der Waals surface area contributed by atoms with Gasteiger partial charge in [0.05, 0.1) is 40.9 Å². The molecule has 0 bridgehead atoms. The van der Waals surface area contributed by atoms with Gasteiger partial charge in [-0.05, 0) is 51.1 Å². The third kappa shape index (κ3) is 4.85. The van der Waals surface area contributed by atoms with E-state index in [1.165, 1.54) is 4.90 Å². The van der Waals surface area contributed by atoms with Gasteiger partial charge < -0.3 is 19.5 Å². The summed E-state index contributed by atoms with van der Waals surface area (Å²) >= 11 is 0. The molecule has 11 nitrogen and oxygen atoms in total. The van der Waals surface area contributed by atoms with E-state index in [1.54, 1.807) is 18.0 Å². The summed E-state index contributed by atoms with van der Waals surface area (Å²) in [7, 11) is 3.49. The summed E-state index contributed by atoms with van der Waals surface area (Å²) in [6.45, 7) is 7.07. The fourth-order valence-electron chi connectivity index (χ4n) is 5.98. The van der Waals surface area contributed by atoms with Gasteiger partial charge in [0.25, 0.3) is 0 Å². The van der Waals surface area contributed by atoms with E-state index in [1.807, 2.05) is 70.5 Å². The molecule has 5 aromatic rings. The molecule has 5 heterocycles. The third-order valence-corrected chi connectivity index (χ3v) is 7.79. The summed E-state index contributed by atoms with van der Waals surface area (Å²) < 4.78 is 13.1. The van der Waals surface area contributed by atoms with Gasteiger partial charge in [0.2, 0.25) is 0 Å². The number of ether oxygens (including phenoxy) is 2. The van der Waals surface area contributed by atoms with Gasteiger partial charge in [0, 0.05) is 67.1 Å². The molecule has 216 valence electrons. The van der Waals surface area contributed by atoms with E-state index >= 15 is 0 Å². The number of rotatable bonds is 6. The number of aryl methyl sites for hydroxylation is 2. The molecular formula is C31H33N7O4. The summed E-state index contributed by atoms with van der Waals surface area (Å²) in [4.78, 5) is 30.0. The Bertz CT molecular complexity index is 1780. The Morgan fingerprint density at radius 1 is 1.07 bits per heavy atom. The van der Waals surface area contributed by atoms with Crippen LogP contribution in [-0.2, 0) is 11.8 Å². The minimum Gasteiger partial charge on any atom is -0.466 e. The fourth-order valence-corrected chi connectivity index (χ4v) is 5.98. The molecular weight excluding hydrogens is 534 g/mol. The van der Waals surface area contributed by atoms with Crippen LogP contribution in [0.25, 0.3) is 44.5 Å². The molecule has 1 aliphatic heterocycles. The Kier molecular flexibility index (Phi) is 7.11. The molecule has 1 saturated heterocycles. The van der Waals surface area contributed by atoms with Crippen LogP contribution in [-0.4, -0.2) is 79.9 Å². The van der Waals surface area contributed by atoms with Gasteiger partial charge in [-0.2, -0.15) is 5.10 Å². The quantitative estimate of drug-likeness (QED) is 0.279. The Balaban J connectivity index is 1.52. The average Bonchev–Trinajstić information content (AvgIpc) is 3.36. The molecule has 0 aliphatic carbocycles. The standard InChI is InChI=1S/C31H33N7O4/c1-18-14-37(15-19(2)38(18)31(39)40)22-11-24-23(26-8-6-7-9-32-26)12-27(34-30(24)33-13-22)25-10-21-16-36(4)35-28(21)20(3)29(25)42-17-41-5/h6-13,16,18-19H,14-15,17H2,1-5H3,(H,39,40)/t18-,19+. The molecule has 0 unspecified atom stereocenters. The SMILES string of the molecule is COCOc1c(-c2cc(-c3ccccn3)c3cc(N4C[C@@H](C)N(C(=O)O)[C@@H](C)C4)cnc3n2)cc2cn(C)nc2c1C. The number of amides is 1. The zero-order chi connectivity index (χ0) is 29.5. The highest BCUT2D eigenvalue weighted by Gasteiger charge is 2.33. The number of carbonyl (C=O) groups is 1. The summed E-state index contributed by atoms with van der Waals surface area (Å²) in [5.74, 6) is 0.651. The van der Waals surface area contributed by atoms with Gasteiger partial charge in [-0.3, -0.25) is 14.6 Å². The fraction of sp³-hybridized carbons (Fsp3) is 0.323. The van der Waals surface area contributed by atoms with Crippen LogP contribution in [0.1, 0.15) is 19.4 Å². The van der Waals surface area contributed by atoms with Crippen molar-refractivity contribution in [3.05, 3.63) is 60.6 Å². The maximum atomic E-state index is 11.8. The van der Waals surface area contributed by atoms with Crippen LogP contribution in [0.3, 0.4) is 0 Å². The van der Waals surface area contributed by atoms with Crippen molar-refractivity contribution < 1.29 is 19.4 Å². The number of carboxylic acid groups (broad SMARTS) is 1. The van der Waals surface area contributed by atoms with Gasteiger partial charge in [0.15, 0.2) is 12.4 Å². The molecule has 1 amide bonds. The van der Waals surface area contributed by atoms with E-state index in [9.17, 15) is 9.90 Å². The highest BCUT2D eigenvalue weighted by Crippen LogP contribution is 2.40. The number of fused-ring (bicyclic) bond motifs is 2. The highest BCUT2D eigenvalue weighted by molar-refractivity contribution is 5.98. The van der Waals surface area contributed by atoms with Gasteiger partial charge in [-0.1, -0.05) is 6.07 Å². The Labute approximate surface area is 243 Å². The maximum absolute atomic E-state index is 11.8. The lowest BCUT2D eigenvalue weighted by Crippen LogP contribution is -2.58. The van der Waals surface area contributed by atoms with Crippen LogP contribution in [0.5, 0.6) is 5.75 Å². The lowest BCUT2D eigenvalue weighted by Gasteiger charge is -2.43. The lowest BCUT2D eigenvalue weighted by atomic mass is 9.99. The minimum absolute atomic E-state index is 0.0838. The normalized spacial score (nSPS) is 17.3. The molecule has 1 fully saturated rings. The molecule has 1 aromatic carbocycles. The van der Waals surface area contributed by atoms with Gasteiger partial charge in [0.1, 0.15) is 5.75 Å². The second-order valence-corrected chi connectivity index (χ2v) is 10.8. The molecule has 0 radical (unpaired) electrons. The molecule has 0 saturated carbocycles. The number of nitrogens with zero attached hydrogens (tertiary/aromatic N) is 7. The largest absolute Gasteiger partial charge is 0.466 e. The van der Waals surface area contributed by atoms with E-state index in [0.717, 1.165) is 44.4 Å². The monoisotopic (exact) mass is 567 g/mol.